The van der Waals surface area contributed by atoms with Gasteiger partial charge in [0.05, 0.1) is 24.9 Å². The molecule has 0 atom stereocenters. The van der Waals surface area contributed by atoms with Gasteiger partial charge in [0.15, 0.2) is 6.54 Å². The highest BCUT2D eigenvalue weighted by Gasteiger charge is 2.23. The van der Waals surface area contributed by atoms with E-state index in [0.29, 0.717) is 24.4 Å². The third-order valence-corrected chi connectivity index (χ3v) is 3.92. The lowest BCUT2D eigenvalue weighted by atomic mass is 10.2. The van der Waals surface area contributed by atoms with Gasteiger partial charge in [0.1, 0.15) is 26.2 Å². The average molecular weight is 307 g/mol. The Labute approximate surface area is 131 Å². The molecule has 1 saturated heterocycles. The molecule has 6 nitrogen and oxygen atoms in total. The molecule has 22 heavy (non-hydrogen) atoms. The van der Waals surface area contributed by atoms with Gasteiger partial charge in [-0.1, -0.05) is 12.1 Å². The van der Waals surface area contributed by atoms with Crippen LogP contribution in [0.3, 0.4) is 0 Å². The van der Waals surface area contributed by atoms with Gasteiger partial charge in [-0.2, -0.15) is 0 Å². The summed E-state index contributed by atoms with van der Waals surface area (Å²) < 4.78 is 5.01. The zero-order chi connectivity index (χ0) is 15.9. The Morgan fingerprint density at radius 1 is 1.18 bits per heavy atom. The second-order valence-electron chi connectivity index (χ2n) is 5.70. The highest BCUT2D eigenvalue weighted by atomic mass is 16.5. The summed E-state index contributed by atoms with van der Waals surface area (Å²) in [7, 11) is 2.17. The first-order valence-corrected chi connectivity index (χ1v) is 7.81. The van der Waals surface area contributed by atoms with E-state index in [1.165, 1.54) is 9.80 Å². The first-order valence-electron chi connectivity index (χ1n) is 7.81. The molecule has 1 aromatic rings. The van der Waals surface area contributed by atoms with Crippen LogP contribution in [0.25, 0.3) is 0 Å². The number of anilines is 1. The normalized spacial score (nSPS) is 21.2. The van der Waals surface area contributed by atoms with Crippen LogP contribution in [0.15, 0.2) is 24.3 Å². The van der Waals surface area contributed by atoms with Crippen molar-refractivity contribution in [2.75, 3.05) is 51.7 Å². The minimum atomic E-state index is -0.408. The molecule has 1 aromatic carbocycles. The maximum atomic E-state index is 12.2. The molecule has 1 fully saturated rings. The van der Waals surface area contributed by atoms with Crippen LogP contribution in [0.2, 0.25) is 0 Å². The first kappa shape index (κ1) is 16.5. The van der Waals surface area contributed by atoms with Crippen LogP contribution in [0.1, 0.15) is 17.3 Å². The van der Waals surface area contributed by atoms with E-state index in [1.54, 1.807) is 31.2 Å². The summed E-state index contributed by atoms with van der Waals surface area (Å²) >= 11 is 0. The Bertz CT molecular complexity index is 525. The Balaban J connectivity index is 1.95. The van der Waals surface area contributed by atoms with Crippen LogP contribution in [0.5, 0.6) is 0 Å². The molecule has 6 heteroatoms. The lowest BCUT2D eigenvalue weighted by Crippen LogP contribution is -3.27. The minimum absolute atomic E-state index is 0.0636. The quantitative estimate of drug-likeness (QED) is 0.563. The molecule has 120 valence electrons. The number of hydrogen-bond acceptors (Lipinski definition) is 3. The van der Waals surface area contributed by atoms with Crippen LogP contribution >= 0.6 is 0 Å². The Morgan fingerprint density at radius 2 is 1.86 bits per heavy atom. The van der Waals surface area contributed by atoms with Crippen molar-refractivity contribution in [3.8, 4) is 0 Å². The maximum Gasteiger partial charge on any atom is 0.340 e. The SMILES string of the molecule is CCOC(=O)c1ccccc1NC(=O)C[NH+]1CC[NH+](C)CC1. The molecule has 0 bridgehead atoms. The fourth-order valence-corrected chi connectivity index (χ4v) is 2.61. The fourth-order valence-electron chi connectivity index (χ4n) is 2.61. The summed E-state index contributed by atoms with van der Waals surface area (Å²) in [6, 6.07) is 6.95. The maximum absolute atomic E-state index is 12.2. The van der Waals surface area contributed by atoms with Crippen molar-refractivity contribution in [1.82, 2.24) is 0 Å². The number of nitrogens with one attached hydrogen (secondary N) is 3. The van der Waals surface area contributed by atoms with Crippen molar-refractivity contribution in [3.05, 3.63) is 29.8 Å². The molecule has 1 amide bonds. The molecule has 3 N–H and O–H groups in total. The number of esters is 1. The van der Waals surface area contributed by atoms with E-state index in [1.807, 2.05) is 0 Å². The molecule has 1 aliphatic rings. The van der Waals surface area contributed by atoms with E-state index in [9.17, 15) is 9.59 Å². The van der Waals surface area contributed by atoms with E-state index >= 15 is 0 Å². The molecule has 0 saturated carbocycles. The number of rotatable bonds is 5. The summed E-state index contributed by atoms with van der Waals surface area (Å²) in [6.45, 7) is 6.68. The van der Waals surface area contributed by atoms with E-state index in [-0.39, 0.29) is 5.91 Å². The van der Waals surface area contributed by atoms with Gasteiger partial charge in [0, 0.05) is 0 Å². The number of benzene rings is 1. The summed E-state index contributed by atoms with van der Waals surface area (Å²) in [4.78, 5) is 26.9. The zero-order valence-corrected chi connectivity index (χ0v) is 13.3. The number of carbonyl (C=O) groups is 2. The predicted octanol–water partition coefficient (Wildman–Crippen LogP) is -1.78. The number of amides is 1. The van der Waals surface area contributed by atoms with Crippen molar-refractivity contribution in [1.29, 1.82) is 0 Å². The van der Waals surface area contributed by atoms with Crippen molar-refractivity contribution in [3.63, 3.8) is 0 Å². The number of likely N-dealkylation sites (N-methyl/N-ethyl adjacent to an activating group) is 1. The van der Waals surface area contributed by atoms with Gasteiger partial charge in [-0.05, 0) is 19.1 Å². The summed E-state index contributed by atoms with van der Waals surface area (Å²) in [6.07, 6.45) is 0. The third-order valence-electron chi connectivity index (χ3n) is 3.92. The van der Waals surface area contributed by atoms with Crippen LogP contribution in [-0.2, 0) is 9.53 Å². The largest absolute Gasteiger partial charge is 0.462 e. The molecular weight excluding hydrogens is 282 g/mol. The molecular formula is C16H25N3O3+2. The minimum Gasteiger partial charge on any atom is -0.462 e. The summed E-state index contributed by atoms with van der Waals surface area (Å²) in [5.41, 5.74) is 0.917. The van der Waals surface area contributed by atoms with E-state index in [4.69, 9.17) is 4.74 Å². The molecule has 0 radical (unpaired) electrons. The average Bonchev–Trinajstić information content (AvgIpc) is 2.50. The predicted molar refractivity (Wildman–Crippen MR) is 83.2 cm³/mol. The van der Waals surface area contributed by atoms with E-state index in [2.05, 4.69) is 12.4 Å². The molecule has 0 aliphatic carbocycles. The molecule has 0 spiro atoms. The van der Waals surface area contributed by atoms with Gasteiger partial charge in [0.2, 0.25) is 0 Å². The number of carbonyl (C=O) groups excluding carboxylic acids is 2. The standard InChI is InChI=1S/C16H23N3O3/c1-3-22-16(21)13-6-4-5-7-14(13)17-15(20)12-19-10-8-18(2)9-11-19/h4-7H,3,8-12H2,1-2H3,(H,17,20)/p+2. The topological polar surface area (TPSA) is 64.3 Å². The monoisotopic (exact) mass is 307 g/mol. The van der Waals surface area contributed by atoms with Crippen LogP contribution in [0, 0.1) is 0 Å². The number of para-hydroxylation sites is 1. The van der Waals surface area contributed by atoms with Crippen molar-refractivity contribution < 1.29 is 24.1 Å². The molecule has 1 heterocycles. The molecule has 1 aliphatic heterocycles. The van der Waals surface area contributed by atoms with Crippen molar-refractivity contribution in [2.24, 2.45) is 0 Å². The second kappa shape index (κ2) is 7.91. The highest BCUT2D eigenvalue weighted by molar-refractivity contribution is 6.01. The molecule has 0 unspecified atom stereocenters. The number of ether oxygens (including phenoxy) is 1. The lowest BCUT2D eigenvalue weighted by Gasteiger charge is -2.26. The molecule has 0 aromatic heterocycles. The van der Waals surface area contributed by atoms with E-state index < -0.39 is 5.97 Å². The van der Waals surface area contributed by atoms with Gasteiger partial charge in [-0.3, -0.25) is 4.79 Å². The fraction of sp³-hybridized carbons (Fsp3) is 0.500. The summed E-state index contributed by atoms with van der Waals surface area (Å²) in [5, 5.41) is 2.84. The smallest absolute Gasteiger partial charge is 0.340 e. The van der Waals surface area contributed by atoms with Gasteiger partial charge < -0.3 is 19.9 Å². The Hall–Kier alpha value is -1.92. The lowest BCUT2D eigenvalue weighted by molar-refractivity contribution is -0.999. The summed E-state index contributed by atoms with van der Waals surface area (Å²) in [5.74, 6) is -0.472. The van der Waals surface area contributed by atoms with Crippen molar-refractivity contribution >= 4 is 17.6 Å². The molecule has 2 rings (SSSR count). The van der Waals surface area contributed by atoms with Gasteiger partial charge in [-0.15, -0.1) is 0 Å². The van der Waals surface area contributed by atoms with E-state index in [0.717, 1.165) is 26.2 Å². The van der Waals surface area contributed by atoms with Crippen LogP contribution in [0.4, 0.5) is 5.69 Å². The highest BCUT2D eigenvalue weighted by Crippen LogP contribution is 2.15. The number of hydrogen-bond donors (Lipinski definition) is 3. The number of piperazine rings is 1. The van der Waals surface area contributed by atoms with Gasteiger partial charge in [-0.25, -0.2) is 4.79 Å². The van der Waals surface area contributed by atoms with Gasteiger partial charge in [0.25, 0.3) is 5.91 Å². The Kier molecular flexibility index (Phi) is 5.91. The number of quaternary nitrogens is 2. The van der Waals surface area contributed by atoms with Crippen molar-refractivity contribution in [2.45, 2.75) is 6.92 Å². The van der Waals surface area contributed by atoms with Crippen LogP contribution < -0.4 is 15.1 Å². The third kappa shape index (κ3) is 4.54. The zero-order valence-electron chi connectivity index (χ0n) is 13.3. The van der Waals surface area contributed by atoms with Gasteiger partial charge >= 0.3 is 5.97 Å². The second-order valence-corrected chi connectivity index (χ2v) is 5.70. The van der Waals surface area contributed by atoms with Crippen LogP contribution in [-0.4, -0.2) is 58.3 Å². The first-order chi connectivity index (χ1) is 10.6. The Morgan fingerprint density at radius 3 is 2.55 bits per heavy atom.